The van der Waals surface area contributed by atoms with Crippen LogP contribution in [0.15, 0.2) is 52.5 Å². The first-order valence-electron chi connectivity index (χ1n) is 8.70. The van der Waals surface area contributed by atoms with Crippen LogP contribution >= 0.6 is 23.4 Å². The lowest BCUT2D eigenvalue weighted by Gasteiger charge is -2.12. The molecule has 3 aromatic rings. The van der Waals surface area contributed by atoms with E-state index in [0.717, 1.165) is 11.9 Å². The van der Waals surface area contributed by atoms with E-state index in [1.54, 1.807) is 30.3 Å². The SMILES string of the molecule is CCCn1c(SC(C)C(=O)c2cccc(Cl)c2)nc2cc(S(N)(=O)=O)ccc21. The van der Waals surface area contributed by atoms with E-state index >= 15 is 0 Å². The molecule has 0 amide bonds. The van der Waals surface area contributed by atoms with E-state index in [2.05, 4.69) is 4.98 Å². The fourth-order valence-corrected chi connectivity index (χ4v) is 4.63. The molecule has 148 valence electrons. The summed E-state index contributed by atoms with van der Waals surface area (Å²) < 4.78 is 25.3. The fraction of sp³-hybridized carbons (Fsp3) is 0.263. The number of carbonyl (C=O) groups excluding carboxylic acids is 1. The Morgan fingerprint density at radius 1 is 1.29 bits per heavy atom. The van der Waals surface area contributed by atoms with Crippen LogP contribution in [-0.2, 0) is 16.6 Å². The summed E-state index contributed by atoms with van der Waals surface area (Å²) >= 11 is 7.33. The number of nitrogens with zero attached hydrogens (tertiary/aromatic N) is 2. The second-order valence-electron chi connectivity index (χ2n) is 6.38. The first-order valence-corrected chi connectivity index (χ1v) is 11.5. The van der Waals surface area contributed by atoms with Crippen LogP contribution < -0.4 is 5.14 Å². The molecule has 0 aliphatic rings. The third-order valence-corrected chi connectivity index (χ3v) is 6.46. The van der Waals surface area contributed by atoms with Crippen molar-refractivity contribution in [2.24, 2.45) is 5.14 Å². The lowest BCUT2D eigenvalue weighted by atomic mass is 10.1. The third-order valence-electron chi connectivity index (χ3n) is 4.22. The van der Waals surface area contributed by atoms with Crippen molar-refractivity contribution in [2.45, 2.75) is 42.1 Å². The van der Waals surface area contributed by atoms with E-state index in [1.165, 1.54) is 23.9 Å². The molecule has 28 heavy (non-hydrogen) atoms. The van der Waals surface area contributed by atoms with E-state index in [1.807, 2.05) is 18.4 Å². The summed E-state index contributed by atoms with van der Waals surface area (Å²) in [6.45, 7) is 4.56. The number of sulfonamides is 1. The van der Waals surface area contributed by atoms with Gasteiger partial charge in [-0.05, 0) is 43.7 Å². The molecule has 2 aromatic carbocycles. The number of Topliss-reactive ketones (excluding diaryl/α,β-unsaturated/α-hetero) is 1. The maximum absolute atomic E-state index is 12.8. The van der Waals surface area contributed by atoms with Crippen molar-refractivity contribution in [2.75, 3.05) is 0 Å². The van der Waals surface area contributed by atoms with E-state index in [0.29, 0.717) is 27.8 Å². The Hall–Kier alpha value is -1.87. The number of aryl methyl sites for hydroxylation is 1. The molecule has 2 N–H and O–H groups in total. The molecule has 1 heterocycles. The average Bonchev–Trinajstić information content (AvgIpc) is 2.97. The summed E-state index contributed by atoms with van der Waals surface area (Å²) in [5.74, 6) is -0.0483. The van der Waals surface area contributed by atoms with Gasteiger partial charge in [0.25, 0.3) is 0 Å². The molecule has 1 aromatic heterocycles. The van der Waals surface area contributed by atoms with Gasteiger partial charge in [0, 0.05) is 17.1 Å². The Bertz CT molecular complexity index is 1140. The minimum Gasteiger partial charge on any atom is -0.319 e. The fourth-order valence-electron chi connectivity index (χ4n) is 2.88. The number of ketones is 1. The molecule has 0 spiro atoms. The maximum atomic E-state index is 12.8. The normalized spacial score (nSPS) is 13.0. The smallest absolute Gasteiger partial charge is 0.238 e. The van der Waals surface area contributed by atoms with Gasteiger partial charge in [-0.2, -0.15) is 0 Å². The number of thioether (sulfide) groups is 1. The van der Waals surface area contributed by atoms with Gasteiger partial charge in [0.05, 0.1) is 21.2 Å². The van der Waals surface area contributed by atoms with Crippen molar-refractivity contribution in [1.29, 1.82) is 0 Å². The number of carbonyl (C=O) groups is 1. The zero-order chi connectivity index (χ0) is 20.5. The predicted octanol–water partition coefficient (Wildman–Crippen LogP) is 4.11. The van der Waals surface area contributed by atoms with Gasteiger partial charge in [0.15, 0.2) is 10.9 Å². The Labute approximate surface area is 173 Å². The number of halogens is 1. The molecule has 0 bridgehead atoms. The standard InChI is InChI=1S/C19H20ClN3O3S2/c1-3-9-23-17-8-7-15(28(21,25)26)11-16(17)22-19(23)27-12(2)18(24)13-5-4-6-14(20)10-13/h4-8,10-12H,3,9H2,1-2H3,(H2,21,25,26). The molecule has 0 fully saturated rings. The van der Waals surface area contributed by atoms with Crippen LogP contribution in [0.5, 0.6) is 0 Å². The lowest BCUT2D eigenvalue weighted by Crippen LogP contribution is -2.14. The summed E-state index contributed by atoms with van der Waals surface area (Å²) in [7, 11) is -3.81. The molecule has 0 saturated carbocycles. The monoisotopic (exact) mass is 437 g/mol. The van der Waals surface area contributed by atoms with Gasteiger partial charge in [-0.15, -0.1) is 0 Å². The highest BCUT2D eigenvalue weighted by atomic mass is 35.5. The quantitative estimate of drug-likeness (QED) is 0.443. The van der Waals surface area contributed by atoms with Crippen LogP contribution in [-0.4, -0.2) is 29.0 Å². The number of hydrogen-bond acceptors (Lipinski definition) is 5. The number of imidazole rings is 1. The van der Waals surface area contributed by atoms with Gasteiger partial charge >= 0.3 is 0 Å². The zero-order valence-electron chi connectivity index (χ0n) is 15.4. The summed E-state index contributed by atoms with van der Waals surface area (Å²) in [5, 5.41) is 6.01. The number of rotatable bonds is 7. The van der Waals surface area contributed by atoms with Crippen molar-refractivity contribution in [3.8, 4) is 0 Å². The molecule has 1 unspecified atom stereocenters. The van der Waals surface area contributed by atoms with Crippen molar-refractivity contribution in [3.05, 3.63) is 53.1 Å². The number of hydrogen-bond donors (Lipinski definition) is 1. The lowest BCUT2D eigenvalue weighted by molar-refractivity contribution is 0.0994. The topological polar surface area (TPSA) is 95.0 Å². The van der Waals surface area contributed by atoms with E-state index < -0.39 is 10.0 Å². The Morgan fingerprint density at radius 2 is 2.04 bits per heavy atom. The molecule has 0 aliphatic carbocycles. The van der Waals surface area contributed by atoms with Gasteiger partial charge in [-0.3, -0.25) is 4.79 Å². The second kappa shape index (κ2) is 8.24. The largest absolute Gasteiger partial charge is 0.319 e. The minimum atomic E-state index is -3.81. The molecule has 0 aliphatic heterocycles. The first-order chi connectivity index (χ1) is 13.2. The number of aromatic nitrogens is 2. The summed E-state index contributed by atoms with van der Waals surface area (Å²) in [6.07, 6.45) is 0.868. The number of fused-ring (bicyclic) bond motifs is 1. The highest BCUT2D eigenvalue weighted by molar-refractivity contribution is 8.00. The van der Waals surface area contributed by atoms with Gasteiger partial charge in [0.2, 0.25) is 10.0 Å². The molecule has 0 radical (unpaired) electrons. The van der Waals surface area contributed by atoms with Gasteiger partial charge in [0.1, 0.15) is 0 Å². The van der Waals surface area contributed by atoms with E-state index in [4.69, 9.17) is 16.7 Å². The Kier molecular flexibility index (Phi) is 6.14. The predicted molar refractivity (Wildman–Crippen MR) is 112 cm³/mol. The second-order valence-corrected chi connectivity index (χ2v) is 9.68. The molecular formula is C19H20ClN3O3S2. The molecular weight excluding hydrogens is 418 g/mol. The average molecular weight is 438 g/mol. The van der Waals surface area contributed by atoms with E-state index in [-0.39, 0.29) is 15.9 Å². The molecule has 3 rings (SSSR count). The van der Waals surface area contributed by atoms with Crippen LogP contribution in [0.2, 0.25) is 5.02 Å². The van der Waals surface area contributed by atoms with Crippen molar-refractivity contribution >= 4 is 50.2 Å². The highest BCUT2D eigenvalue weighted by Crippen LogP contribution is 2.30. The number of nitrogens with two attached hydrogens (primary N) is 1. The number of primary sulfonamides is 1. The Morgan fingerprint density at radius 3 is 2.68 bits per heavy atom. The summed E-state index contributed by atoms with van der Waals surface area (Å²) in [4.78, 5) is 17.3. The van der Waals surface area contributed by atoms with Crippen molar-refractivity contribution in [3.63, 3.8) is 0 Å². The Balaban J connectivity index is 1.97. The van der Waals surface area contributed by atoms with Crippen molar-refractivity contribution in [1.82, 2.24) is 9.55 Å². The molecule has 1 atom stereocenters. The summed E-state index contributed by atoms with van der Waals surface area (Å²) in [5.41, 5.74) is 1.88. The molecule has 9 heteroatoms. The van der Waals surface area contributed by atoms with Crippen LogP contribution in [0, 0.1) is 0 Å². The van der Waals surface area contributed by atoms with Crippen LogP contribution in [0.25, 0.3) is 11.0 Å². The molecule has 0 saturated heterocycles. The third kappa shape index (κ3) is 4.41. The van der Waals surface area contributed by atoms with Crippen LogP contribution in [0.4, 0.5) is 0 Å². The molecule has 6 nitrogen and oxygen atoms in total. The van der Waals surface area contributed by atoms with Gasteiger partial charge < -0.3 is 4.57 Å². The van der Waals surface area contributed by atoms with Crippen molar-refractivity contribution < 1.29 is 13.2 Å². The first kappa shape index (κ1) is 20.9. The van der Waals surface area contributed by atoms with Gasteiger partial charge in [-0.1, -0.05) is 42.4 Å². The zero-order valence-corrected chi connectivity index (χ0v) is 17.8. The highest BCUT2D eigenvalue weighted by Gasteiger charge is 2.21. The minimum absolute atomic E-state index is 0.0146. The van der Waals surface area contributed by atoms with Crippen LogP contribution in [0.3, 0.4) is 0 Å². The number of benzene rings is 2. The summed E-state index contributed by atoms with van der Waals surface area (Å²) in [6, 6.07) is 11.5. The van der Waals surface area contributed by atoms with Crippen LogP contribution in [0.1, 0.15) is 30.6 Å². The van der Waals surface area contributed by atoms with E-state index in [9.17, 15) is 13.2 Å². The van der Waals surface area contributed by atoms with Gasteiger partial charge in [-0.25, -0.2) is 18.5 Å². The maximum Gasteiger partial charge on any atom is 0.238 e.